The first-order chi connectivity index (χ1) is 26.5. The fourth-order valence-corrected chi connectivity index (χ4v) is 9.00. The van der Waals surface area contributed by atoms with Crippen molar-refractivity contribution >= 4 is 56.0 Å². The van der Waals surface area contributed by atoms with Gasteiger partial charge in [-0.1, -0.05) is 45.9 Å². The lowest BCUT2D eigenvalue weighted by molar-refractivity contribution is -0.160. The monoisotopic (exact) mass is 837 g/mol. The highest BCUT2D eigenvalue weighted by molar-refractivity contribution is 8.00. The van der Waals surface area contributed by atoms with Crippen LogP contribution >= 0.6 is 11.8 Å². The summed E-state index contributed by atoms with van der Waals surface area (Å²) in [5, 5.41) is 59.4. The molecule has 57 heavy (non-hydrogen) atoms. The first-order valence-electron chi connectivity index (χ1n) is 18.1. The molecular formula is C39H51NO15S2. The Bertz CT molecular complexity index is 2110. The molecule has 0 fully saturated rings. The number of aliphatic hydroxyl groups excluding tert-OH is 2. The van der Waals surface area contributed by atoms with Crippen LogP contribution in [0.2, 0.25) is 0 Å². The van der Waals surface area contributed by atoms with Crippen molar-refractivity contribution in [2.75, 3.05) is 23.9 Å². The molecule has 0 aliphatic carbocycles. The highest BCUT2D eigenvalue weighted by Crippen LogP contribution is 2.57. The number of carbonyl (C=O) groups is 3. The number of aromatic hydroxyl groups is 3. The quantitative estimate of drug-likeness (QED) is 0.0682. The number of thioether (sulfide) groups is 1. The zero-order chi connectivity index (χ0) is 42.9. The number of anilines is 1. The van der Waals surface area contributed by atoms with E-state index in [-0.39, 0.29) is 38.5 Å². The molecule has 0 saturated carbocycles. The van der Waals surface area contributed by atoms with Gasteiger partial charge in [0.05, 0.1) is 46.2 Å². The van der Waals surface area contributed by atoms with Crippen LogP contribution in [-0.4, -0.2) is 105 Å². The molecule has 18 heteroatoms. The van der Waals surface area contributed by atoms with E-state index in [1.807, 2.05) is 0 Å². The molecule has 5 bridgehead atoms. The van der Waals surface area contributed by atoms with Crippen molar-refractivity contribution in [3.63, 3.8) is 0 Å². The van der Waals surface area contributed by atoms with Crippen LogP contribution in [0.25, 0.3) is 10.8 Å². The van der Waals surface area contributed by atoms with E-state index >= 15 is 0 Å². The molecule has 0 aromatic heterocycles. The summed E-state index contributed by atoms with van der Waals surface area (Å²) < 4.78 is 55.8. The standard InChI is InChI=1S/C39H51NO15S2/c1-17-11-10-12-18(2)38(48)40-28-32(45)26-25(33(46)36(28)56-15-16-57(49,50)51)27-35(22(6)31(26)44)55-39(8,37(27)47)53-14-13-24(52-9)19(3)34(54-23(7)41)21(5)30(43)20(4)29(17)42/h10-14,17,19-21,24,29-30,34,42-46H,15-16H2,1-9H3,(H,40,48)(H,49,50,51)/b11-10+,14-13+,18-12-. The highest BCUT2D eigenvalue weighted by atomic mass is 32.2. The van der Waals surface area contributed by atoms with Gasteiger partial charge >= 0.3 is 11.8 Å². The summed E-state index contributed by atoms with van der Waals surface area (Å²) in [7, 11) is -3.09. The second kappa shape index (κ2) is 17.7. The minimum absolute atomic E-state index is 0.0293. The van der Waals surface area contributed by atoms with Crippen LogP contribution in [0.15, 0.2) is 41.0 Å². The lowest BCUT2D eigenvalue weighted by atomic mass is 9.78. The molecule has 0 spiro atoms. The Morgan fingerprint density at radius 2 is 1.61 bits per heavy atom. The molecule has 3 aliphatic rings. The maximum absolute atomic E-state index is 14.3. The van der Waals surface area contributed by atoms with Crippen LogP contribution in [0, 0.1) is 30.6 Å². The lowest BCUT2D eigenvalue weighted by Gasteiger charge is -2.38. The number of fused-ring (bicyclic) bond motifs is 14. The number of amides is 1. The van der Waals surface area contributed by atoms with Gasteiger partial charge in [-0.15, -0.1) is 11.8 Å². The first-order valence-corrected chi connectivity index (χ1v) is 20.7. The number of phenols is 3. The van der Waals surface area contributed by atoms with Gasteiger partial charge in [0.15, 0.2) is 5.75 Å². The van der Waals surface area contributed by atoms with Crippen LogP contribution in [0.3, 0.4) is 0 Å². The second-order valence-corrected chi connectivity index (χ2v) is 17.3. The summed E-state index contributed by atoms with van der Waals surface area (Å²) in [5.41, 5.74) is -0.680. The Morgan fingerprint density at radius 3 is 2.21 bits per heavy atom. The van der Waals surface area contributed by atoms with Gasteiger partial charge < -0.3 is 49.8 Å². The predicted molar refractivity (Wildman–Crippen MR) is 211 cm³/mol. The topological polar surface area (TPSA) is 256 Å². The van der Waals surface area contributed by atoms with Crippen LogP contribution in [0.4, 0.5) is 5.69 Å². The third kappa shape index (κ3) is 9.37. The minimum atomic E-state index is -4.49. The van der Waals surface area contributed by atoms with Gasteiger partial charge in [-0.2, -0.15) is 8.42 Å². The van der Waals surface area contributed by atoms with Crippen molar-refractivity contribution in [1.82, 2.24) is 0 Å². The summed E-state index contributed by atoms with van der Waals surface area (Å²) in [5.74, 6) is -10.5. The Balaban J connectivity index is 1.97. The van der Waals surface area contributed by atoms with Crippen molar-refractivity contribution in [1.29, 1.82) is 0 Å². The van der Waals surface area contributed by atoms with Crippen molar-refractivity contribution in [2.24, 2.45) is 23.7 Å². The third-order valence-electron chi connectivity index (χ3n) is 10.5. The van der Waals surface area contributed by atoms with Crippen molar-refractivity contribution in [3.8, 4) is 23.0 Å². The summed E-state index contributed by atoms with van der Waals surface area (Å²) in [6.07, 6.45) is 3.05. The highest BCUT2D eigenvalue weighted by Gasteiger charge is 2.50. The molecule has 3 heterocycles. The largest absolute Gasteiger partial charge is 0.507 e. The molecule has 9 atom stereocenters. The van der Waals surface area contributed by atoms with Gasteiger partial charge in [0, 0.05) is 66.9 Å². The number of rotatable bonds is 6. The van der Waals surface area contributed by atoms with Crippen LogP contribution < -0.4 is 10.1 Å². The Kier molecular flexibility index (Phi) is 14.1. The van der Waals surface area contributed by atoms with Crippen LogP contribution in [0.1, 0.15) is 64.4 Å². The van der Waals surface area contributed by atoms with E-state index < -0.39 is 116 Å². The normalized spacial score (nSPS) is 30.9. The average molecular weight is 838 g/mol. The molecule has 0 radical (unpaired) electrons. The number of aliphatic hydroxyl groups is 2. The van der Waals surface area contributed by atoms with E-state index in [0.717, 1.165) is 6.26 Å². The summed E-state index contributed by atoms with van der Waals surface area (Å²) in [4.78, 5) is 39.8. The van der Waals surface area contributed by atoms with E-state index in [0.29, 0.717) is 11.8 Å². The predicted octanol–water partition coefficient (Wildman–Crippen LogP) is 4.73. The number of Topliss-reactive ketones (excluding diaryl/α,β-unsaturated/α-hetero) is 1. The third-order valence-corrected chi connectivity index (χ3v) is 12.6. The van der Waals surface area contributed by atoms with Gasteiger partial charge in [-0.25, -0.2) is 0 Å². The summed E-state index contributed by atoms with van der Waals surface area (Å²) >= 11 is 0.634. The molecule has 7 N–H and O–H groups in total. The lowest BCUT2D eigenvalue weighted by Crippen LogP contribution is -2.46. The first kappa shape index (κ1) is 45.4. The number of ether oxygens (including phenoxy) is 4. The maximum Gasteiger partial charge on any atom is 0.312 e. The molecule has 16 nitrogen and oxygen atoms in total. The zero-order valence-electron chi connectivity index (χ0n) is 33.1. The van der Waals surface area contributed by atoms with Gasteiger partial charge in [-0.3, -0.25) is 18.9 Å². The number of nitrogens with one attached hydrogen (secondary N) is 1. The number of hydrogen-bond acceptors (Lipinski definition) is 15. The van der Waals surface area contributed by atoms with Gasteiger partial charge in [-0.05, 0) is 19.9 Å². The fraction of sp³-hybridized carbons (Fsp3) is 0.513. The van der Waals surface area contributed by atoms with Crippen LogP contribution in [0.5, 0.6) is 23.0 Å². The van der Waals surface area contributed by atoms with E-state index in [9.17, 15) is 52.9 Å². The molecule has 2 aromatic rings. The Morgan fingerprint density at radius 1 is 0.965 bits per heavy atom. The van der Waals surface area contributed by atoms with E-state index in [2.05, 4.69) is 5.32 Å². The maximum atomic E-state index is 14.3. The van der Waals surface area contributed by atoms with Crippen LogP contribution in [-0.2, 0) is 33.9 Å². The van der Waals surface area contributed by atoms with Gasteiger partial charge in [0.25, 0.3) is 21.8 Å². The van der Waals surface area contributed by atoms with Crippen molar-refractivity contribution in [3.05, 3.63) is 47.3 Å². The number of carbonyl (C=O) groups excluding carboxylic acids is 3. The van der Waals surface area contributed by atoms with E-state index in [1.54, 1.807) is 33.8 Å². The van der Waals surface area contributed by atoms with E-state index in [4.69, 9.17) is 18.9 Å². The molecule has 1 amide bonds. The number of benzene rings is 2. The molecule has 2 aromatic carbocycles. The number of esters is 1. The van der Waals surface area contributed by atoms with E-state index in [1.165, 1.54) is 53.0 Å². The van der Waals surface area contributed by atoms with Gasteiger partial charge in [0.2, 0.25) is 0 Å². The molecule has 314 valence electrons. The van der Waals surface area contributed by atoms with Gasteiger partial charge in [0.1, 0.15) is 29.0 Å². The number of allylic oxidation sites excluding steroid dienone is 2. The molecule has 3 aliphatic heterocycles. The summed E-state index contributed by atoms with van der Waals surface area (Å²) in [6.45, 7) is 12.1. The molecule has 5 rings (SSSR count). The van der Waals surface area contributed by atoms with Crippen molar-refractivity contribution in [2.45, 2.75) is 90.5 Å². The second-order valence-electron chi connectivity index (χ2n) is 14.7. The summed E-state index contributed by atoms with van der Waals surface area (Å²) in [6, 6.07) is 0. The molecular weight excluding hydrogens is 787 g/mol. The SMILES string of the molecule is COC1/C=C/OC2(C)Oc3c(C)c(O)c4c(O)c(c(SCCS(=O)(=O)O)c(O)c4c3C2=O)NC(=O)/C(C)=C\C=C\C(C)C(O)C(C)C(O)C(C)C(OC(C)=O)C1C. The number of ketones is 1. The Hall–Kier alpha value is -4.33. The molecule has 9 unspecified atom stereocenters. The smallest absolute Gasteiger partial charge is 0.312 e. The fourth-order valence-electron chi connectivity index (χ4n) is 7.08. The Labute approximate surface area is 335 Å². The number of phenolic OH excluding ortho intramolecular Hbond substituents is 3. The molecule has 0 saturated heterocycles. The van der Waals surface area contributed by atoms with Crippen molar-refractivity contribution < 1.29 is 71.8 Å². The number of hydrogen-bond donors (Lipinski definition) is 7. The number of methoxy groups -OCH3 is 1. The average Bonchev–Trinajstić information content (AvgIpc) is 3.40. The zero-order valence-corrected chi connectivity index (χ0v) is 34.7. The minimum Gasteiger partial charge on any atom is -0.507 e.